The van der Waals surface area contributed by atoms with Crippen LogP contribution in [0.15, 0.2) is 30.5 Å². The van der Waals surface area contributed by atoms with Gasteiger partial charge >= 0.3 is 35.8 Å². The van der Waals surface area contributed by atoms with Gasteiger partial charge in [0, 0.05) is 62.2 Å². The first-order valence-electron chi connectivity index (χ1n) is 25.2. The number of nitrogens with zero attached hydrogens (tertiary/aromatic N) is 1. The number of H-pyrrole nitrogens is 1. The molecule has 8 atom stereocenters. The molecule has 0 radical (unpaired) electrons. The number of hydrogen-bond donors (Lipinski definition) is 15. The number of aromatic amines is 1. The molecule has 1 aliphatic heterocycles. The minimum atomic E-state index is -1.89. The Morgan fingerprint density at radius 1 is 0.570 bits per heavy atom. The fourth-order valence-electron chi connectivity index (χ4n) is 8.34. The first-order chi connectivity index (χ1) is 37.2. The van der Waals surface area contributed by atoms with Crippen LogP contribution in [0, 0.1) is 5.92 Å². The zero-order valence-electron chi connectivity index (χ0n) is 43.3. The van der Waals surface area contributed by atoms with Gasteiger partial charge in [-0.3, -0.25) is 62.3 Å². The summed E-state index contributed by atoms with van der Waals surface area (Å²) >= 11 is 0. The van der Waals surface area contributed by atoms with Gasteiger partial charge in [0.25, 0.3) is 0 Å². The van der Waals surface area contributed by atoms with E-state index in [9.17, 15) is 87.5 Å². The molecule has 0 unspecified atom stereocenters. The summed E-state index contributed by atoms with van der Waals surface area (Å²) in [5.41, 5.74) is 6.98. The topological polar surface area (TPSA) is 490 Å². The molecule has 0 aliphatic carbocycles. The van der Waals surface area contributed by atoms with Gasteiger partial charge in [0.2, 0.25) is 47.3 Å². The van der Waals surface area contributed by atoms with E-state index in [1.807, 2.05) is 5.32 Å². The predicted octanol–water partition coefficient (Wildman–Crippen LogP) is -2.49. The number of carboxylic acid groups (broad SMARTS) is 6. The second kappa shape index (κ2) is 31.5. The first-order valence-corrected chi connectivity index (χ1v) is 25.2. The lowest BCUT2D eigenvalue weighted by Crippen LogP contribution is -2.60. The second-order valence-electron chi connectivity index (χ2n) is 19.1. The standard InChI is InChI=1S/C49H68N10O20/c1-24(2)20-33(57-47(76)34(21-25-22-51-28-7-4-3-6-26(25)28)58-48(77)35-8-5-19-59(35)36(60)23-52-42(71)27(50)9-14-37(61)62)46(75)55-30(11-16-39(65)66)44(73)53-29(10-15-38(63)64)43(72)54-31(12-17-40(67)68)45(74)56-32(49(78)79)13-18-41(69)70/h3-4,6-7,22,24,27,29-35,51H,5,8-21,23,50H2,1-2H3,(H,52,71)(H,53,73)(H,54,72)(H,55,75)(H,56,74)(H,57,76)(H,58,77)(H,61,62)(H,63,64)(H,65,66)(H,67,68)(H,69,70)(H,78,79)/t27-,29-,30-,31-,32-,33-,34-,35-/m0/s1. The Labute approximate surface area is 450 Å². The molecule has 30 nitrogen and oxygen atoms in total. The van der Waals surface area contributed by atoms with Crippen LogP contribution in [0.1, 0.15) is 103 Å². The van der Waals surface area contributed by atoms with E-state index < -0.39 is 196 Å². The van der Waals surface area contributed by atoms with Crippen molar-refractivity contribution in [1.82, 2.24) is 47.1 Å². The van der Waals surface area contributed by atoms with Crippen LogP contribution in [0.2, 0.25) is 0 Å². The van der Waals surface area contributed by atoms with Crippen molar-refractivity contribution in [3.63, 3.8) is 0 Å². The monoisotopic (exact) mass is 1120 g/mol. The Bertz CT molecular complexity index is 2590. The molecule has 0 bridgehead atoms. The zero-order chi connectivity index (χ0) is 59.1. The van der Waals surface area contributed by atoms with Crippen LogP contribution in [0.5, 0.6) is 0 Å². The molecule has 1 saturated heterocycles. The van der Waals surface area contributed by atoms with Gasteiger partial charge in [-0.1, -0.05) is 32.0 Å². The lowest BCUT2D eigenvalue weighted by atomic mass is 9.99. The highest BCUT2D eigenvalue weighted by molar-refractivity contribution is 5.98. The summed E-state index contributed by atoms with van der Waals surface area (Å²) in [6.45, 7) is 2.86. The SMILES string of the molecule is CC(C)C[C@H](NC(=O)[C@H](Cc1c[nH]c2ccccc12)NC(=O)[C@@H]1CCCN1C(=O)CNC(=O)[C@@H](N)CCC(=O)O)C(=O)N[C@@H](CCC(=O)O)C(=O)N[C@@H](CCC(=O)O)C(=O)N[C@@H](CCC(=O)O)C(=O)N[C@@H](CCC(=O)O)C(=O)O. The average molecular weight is 1120 g/mol. The zero-order valence-corrected chi connectivity index (χ0v) is 43.3. The van der Waals surface area contributed by atoms with E-state index in [0.717, 1.165) is 0 Å². The van der Waals surface area contributed by atoms with E-state index in [2.05, 4.69) is 36.9 Å². The number of rotatable bonds is 35. The summed E-state index contributed by atoms with van der Waals surface area (Å²) in [5, 5.41) is 73.0. The van der Waals surface area contributed by atoms with Crippen molar-refractivity contribution in [2.75, 3.05) is 13.1 Å². The number of benzene rings is 1. The van der Waals surface area contributed by atoms with E-state index in [1.165, 1.54) is 4.90 Å². The Hall–Kier alpha value is -8.70. The van der Waals surface area contributed by atoms with E-state index in [4.69, 9.17) is 15.9 Å². The van der Waals surface area contributed by atoms with Crippen LogP contribution in [0.3, 0.4) is 0 Å². The summed E-state index contributed by atoms with van der Waals surface area (Å²) in [7, 11) is 0. The Morgan fingerprint density at radius 2 is 1.00 bits per heavy atom. The maximum atomic E-state index is 14.5. The third kappa shape index (κ3) is 22.1. The number of aliphatic carboxylic acids is 6. The molecule has 8 amide bonds. The fraction of sp³-hybridized carbons (Fsp3) is 0.551. The van der Waals surface area contributed by atoms with Crippen molar-refractivity contribution >= 4 is 94.0 Å². The molecule has 79 heavy (non-hydrogen) atoms. The molecule has 1 fully saturated rings. The van der Waals surface area contributed by atoms with Gasteiger partial charge in [0.15, 0.2) is 0 Å². The van der Waals surface area contributed by atoms with Crippen molar-refractivity contribution in [1.29, 1.82) is 0 Å². The van der Waals surface area contributed by atoms with E-state index in [-0.39, 0.29) is 38.1 Å². The molecule has 16 N–H and O–H groups in total. The molecular formula is C49H68N10O20. The third-order valence-corrected chi connectivity index (χ3v) is 12.5. The highest BCUT2D eigenvalue weighted by Gasteiger charge is 2.38. The molecule has 1 aromatic heterocycles. The first kappa shape index (κ1) is 64.6. The number of aromatic nitrogens is 1. The quantitative estimate of drug-likeness (QED) is 0.0339. The Morgan fingerprint density at radius 3 is 1.48 bits per heavy atom. The highest BCUT2D eigenvalue weighted by atomic mass is 16.4. The number of fused-ring (bicyclic) bond motifs is 1. The van der Waals surface area contributed by atoms with Crippen LogP contribution in [-0.4, -0.2) is 185 Å². The second-order valence-corrected chi connectivity index (χ2v) is 19.1. The van der Waals surface area contributed by atoms with Crippen LogP contribution in [0.25, 0.3) is 10.9 Å². The number of amides is 8. The minimum Gasteiger partial charge on any atom is -0.481 e. The Balaban J connectivity index is 1.92. The van der Waals surface area contributed by atoms with Crippen molar-refractivity contribution in [2.45, 2.75) is 152 Å². The molecule has 3 rings (SSSR count). The van der Waals surface area contributed by atoms with Gasteiger partial charge in [-0.15, -0.1) is 0 Å². The number of carboxylic acids is 6. The molecule has 30 heteroatoms. The van der Waals surface area contributed by atoms with Gasteiger partial charge in [0.1, 0.15) is 42.3 Å². The number of hydrogen-bond acceptors (Lipinski definition) is 15. The maximum absolute atomic E-state index is 14.5. The van der Waals surface area contributed by atoms with Crippen LogP contribution in [0.4, 0.5) is 0 Å². The van der Waals surface area contributed by atoms with Gasteiger partial charge < -0.3 is 83.5 Å². The molecule has 1 aliphatic rings. The molecule has 0 spiro atoms. The minimum absolute atomic E-state index is 0.0897. The molecule has 1 aromatic carbocycles. The summed E-state index contributed by atoms with van der Waals surface area (Å²) < 4.78 is 0. The number of carbonyl (C=O) groups is 14. The molecule has 0 saturated carbocycles. The van der Waals surface area contributed by atoms with Crippen molar-refractivity contribution < 1.29 is 97.8 Å². The normalized spacial score (nSPS) is 15.6. The van der Waals surface area contributed by atoms with Gasteiger partial charge in [-0.25, -0.2) is 4.79 Å². The Kier molecular flexibility index (Phi) is 25.8. The van der Waals surface area contributed by atoms with E-state index in [1.54, 1.807) is 44.3 Å². The number of nitrogens with one attached hydrogen (secondary N) is 8. The maximum Gasteiger partial charge on any atom is 0.326 e. The number of para-hydroxylation sites is 1. The van der Waals surface area contributed by atoms with E-state index in [0.29, 0.717) is 22.9 Å². The molecular weight excluding hydrogens is 1050 g/mol. The van der Waals surface area contributed by atoms with Crippen LogP contribution < -0.4 is 43.0 Å². The van der Waals surface area contributed by atoms with E-state index >= 15 is 0 Å². The summed E-state index contributed by atoms with van der Waals surface area (Å²) in [6, 6.07) is -5.73. The van der Waals surface area contributed by atoms with Crippen molar-refractivity contribution in [3.05, 3.63) is 36.0 Å². The molecule has 434 valence electrons. The lowest BCUT2D eigenvalue weighted by Gasteiger charge is -2.29. The third-order valence-electron chi connectivity index (χ3n) is 12.5. The summed E-state index contributed by atoms with van der Waals surface area (Å²) in [4.78, 5) is 183. The highest BCUT2D eigenvalue weighted by Crippen LogP contribution is 2.22. The number of nitrogens with two attached hydrogens (primary N) is 1. The summed E-state index contributed by atoms with van der Waals surface area (Å²) in [6.07, 6.45) is -4.56. The lowest BCUT2D eigenvalue weighted by molar-refractivity contribution is -0.144. The molecule has 2 heterocycles. The van der Waals surface area contributed by atoms with Gasteiger partial charge in [-0.2, -0.15) is 0 Å². The predicted molar refractivity (Wildman–Crippen MR) is 271 cm³/mol. The fourth-order valence-corrected chi connectivity index (χ4v) is 8.34. The van der Waals surface area contributed by atoms with Gasteiger partial charge in [-0.05, 0) is 68.9 Å². The van der Waals surface area contributed by atoms with Crippen LogP contribution >= 0.6 is 0 Å². The molecule has 2 aromatic rings. The van der Waals surface area contributed by atoms with Gasteiger partial charge in [0.05, 0.1) is 12.6 Å². The van der Waals surface area contributed by atoms with Crippen LogP contribution in [-0.2, 0) is 73.5 Å². The largest absolute Gasteiger partial charge is 0.481 e. The smallest absolute Gasteiger partial charge is 0.326 e. The summed E-state index contributed by atoms with van der Waals surface area (Å²) in [5.74, 6) is -17.1. The number of likely N-dealkylation sites (tertiary alicyclic amines) is 1. The van der Waals surface area contributed by atoms with Crippen molar-refractivity contribution in [3.8, 4) is 0 Å². The average Bonchev–Trinajstić information content (AvgIpc) is 4.07. The number of carbonyl (C=O) groups excluding carboxylic acids is 8. The van der Waals surface area contributed by atoms with Crippen molar-refractivity contribution in [2.24, 2.45) is 11.7 Å².